The number of hydrogen-bond donors (Lipinski definition) is 4. The summed E-state index contributed by atoms with van der Waals surface area (Å²) in [5, 5.41) is 0. The Hall–Kier alpha value is 4.08. The molecule has 0 heterocycles. The van der Waals surface area contributed by atoms with Crippen LogP contribution in [0.15, 0.2) is 0 Å². The van der Waals surface area contributed by atoms with Crippen molar-refractivity contribution in [3.05, 3.63) is 0 Å². The van der Waals surface area contributed by atoms with Crippen molar-refractivity contribution < 1.29 is 151 Å². The fraction of sp³-hybridized carbons (Fsp3) is 0. The van der Waals surface area contributed by atoms with Gasteiger partial charge in [-0.3, -0.25) is 0 Å². The number of rotatable bonds is 0. The average Bonchev–Trinajstić information content (AvgIpc) is 1.76. The van der Waals surface area contributed by atoms with Crippen LogP contribution in [0.1, 0.15) is 0 Å². The standard InChI is InChI=1S/La.Mg.4Nb.4H2O.8O.Pb.4H/h;;;;;;4*1H2;;;;;;;;;;;;;/q;;4*+1;;;;;;;;;;;;;;;;;/p-4. The molecule has 0 bridgehead atoms. The average molecular weight is 942 g/mol. The van der Waals surface area contributed by atoms with E-state index in [9.17, 15) is 0 Å². The Labute approximate surface area is 197 Å². The van der Waals surface area contributed by atoms with Gasteiger partial charge in [0.25, 0.3) is 0 Å². The fourth-order valence-electron chi connectivity index (χ4n) is 0. The molecule has 0 aromatic carbocycles. The Morgan fingerprint density at radius 1 is 0.474 bits per heavy atom. The van der Waals surface area contributed by atoms with E-state index in [0.29, 0.717) is 0 Å². The monoisotopic (exact) mass is 942 g/mol. The van der Waals surface area contributed by atoms with E-state index < -0.39 is 75.1 Å². The summed E-state index contributed by atoms with van der Waals surface area (Å²) in [6.07, 6.45) is 0. The van der Waals surface area contributed by atoms with Crippen LogP contribution in [-0.4, -0.2) is 64.8 Å². The third kappa shape index (κ3) is 534. The van der Waals surface area contributed by atoms with Gasteiger partial charge in [0.15, 0.2) is 0 Å². The van der Waals surface area contributed by atoms with E-state index in [2.05, 4.69) is 0 Å². The fourth-order valence-corrected chi connectivity index (χ4v) is 0. The Balaban J connectivity index is -0.0000000192. The molecule has 0 amide bonds. The first kappa shape index (κ1) is 43.5. The van der Waals surface area contributed by atoms with Gasteiger partial charge >= 0.3 is 166 Å². The van der Waals surface area contributed by atoms with Crippen LogP contribution in [-0.2, 0) is 101 Å². The van der Waals surface area contributed by atoms with E-state index in [4.69, 9.17) is 40.5 Å². The molecule has 0 saturated carbocycles. The minimum absolute atomic E-state index is 0. The van der Waals surface area contributed by atoms with Crippen LogP contribution in [0.2, 0.25) is 0 Å². The molecule has 0 aliphatic heterocycles. The van der Waals surface area contributed by atoms with Crippen LogP contribution in [0.4, 0.5) is 0 Å². The molecule has 0 aromatic heterocycles. The summed E-state index contributed by atoms with van der Waals surface area (Å²) in [6, 6.07) is 0. The van der Waals surface area contributed by atoms with E-state index in [0.717, 1.165) is 0 Å². The second kappa shape index (κ2) is 37.9. The molecular formula is H8LaMgNb4O12Pb. The summed E-state index contributed by atoms with van der Waals surface area (Å²) in [7, 11) is 0. The van der Waals surface area contributed by atoms with Crippen molar-refractivity contribution in [1.82, 2.24) is 0 Å². The Morgan fingerprint density at radius 3 is 0.474 bits per heavy atom. The summed E-state index contributed by atoms with van der Waals surface area (Å²) >= 11 is -15.8. The third-order valence-electron chi connectivity index (χ3n) is 0. The number of hydrogen-bond acceptors (Lipinski definition) is 8. The van der Waals surface area contributed by atoms with Crippen molar-refractivity contribution in [3.8, 4) is 0 Å². The summed E-state index contributed by atoms with van der Waals surface area (Å²) in [4.78, 5) is 0. The normalized spacial score (nSPS) is 5.26. The first-order valence-electron chi connectivity index (χ1n) is 2.26. The van der Waals surface area contributed by atoms with Crippen molar-refractivity contribution in [2.75, 3.05) is 0 Å². The molecule has 0 aromatic rings. The van der Waals surface area contributed by atoms with Crippen LogP contribution in [0.25, 0.3) is 0 Å². The van der Waals surface area contributed by atoms with Gasteiger partial charge in [0.1, 0.15) is 0 Å². The first-order chi connectivity index (χ1) is 6.93. The van der Waals surface area contributed by atoms with Crippen LogP contribution >= 0.6 is 0 Å². The topological polar surface area (TPSA) is 217 Å². The molecule has 0 aliphatic rings. The molecule has 19 heavy (non-hydrogen) atoms. The predicted octanol–water partition coefficient (Wildman–Crippen LogP) is -5.02. The zero-order chi connectivity index (χ0) is 14.3. The molecular weight excluding hydrogens is 934 g/mol. The van der Waals surface area contributed by atoms with E-state index in [1.165, 1.54) is 0 Å². The molecule has 0 fully saturated rings. The zero-order valence-corrected chi connectivity index (χ0v) is 26.0. The van der Waals surface area contributed by atoms with Gasteiger partial charge in [-0.25, -0.2) is 0 Å². The SMILES string of the molecule is [La].[MgH2].[O]=[Nb](=[O])[OH].[O]=[Nb](=[O])[OH].[O]=[Nb](=[O])[OH].[O]=[Nb](=[O])[OH].[PbH2]. The first-order valence-corrected chi connectivity index (χ1v) is 13.4. The maximum absolute atomic E-state index is 8.71. The van der Waals surface area contributed by atoms with Crippen molar-refractivity contribution in [2.24, 2.45) is 0 Å². The summed E-state index contributed by atoms with van der Waals surface area (Å²) in [5.74, 6) is 0. The zero-order valence-electron chi connectivity index (χ0n) is 8.13. The Morgan fingerprint density at radius 2 is 0.474 bits per heavy atom. The molecule has 0 saturated heterocycles. The van der Waals surface area contributed by atoms with Crippen molar-refractivity contribution in [1.29, 1.82) is 0 Å². The van der Waals surface area contributed by atoms with Crippen LogP contribution in [0, 0.1) is 35.6 Å². The van der Waals surface area contributed by atoms with Crippen molar-refractivity contribution in [3.63, 3.8) is 0 Å². The van der Waals surface area contributed by atoms with Gasteiger partial charge in [0, 0.05) is 35.6 Å². The molecule has 3 radical (unpaired) electrons. The molecule has 4 N–H and O–H groups in total. The summed E-state index contributed by atoms with van der Waals surface area (Å²) in [6.45, 7) is 0. The molecule has 0 atom stereocenters. The van der Waals surface area contributed by atoms with E-state index >= 15 is 0 Å². The summed E-state index contributed by atoms with van der Waals surface area (Å²) in [5.41, 5.74) is 0. The van der Waals surface area contributed by atoms with E-state index in [1.807, 2.05) is 0 Å². The Kier molecular flexibility index (Phi) is 86.9. The van der Waals surface area contributed by atoms with Gasteiger partial charge in [0.05, 0.1) is 0 Å². The van der Waals surface area contributed by atoms with Gasteiger partial charge < -0.3 is 0 Å². The molecule has 0 unspecified atom stereocenters. The second-order valence-electron chi connectivity index (χ2n) is 0.951. The third-order valence-corrected chi connectivity index (χ3v) is 0. The molecule has 0 spiro atoms. The van der Waals surface area contributed by atoms with Gasteiger partial charge in [0.2, 0.25) is 0 Å². The second-order valence-corrected chi connectivity index (χ2v) is 5.63. The van der Waals surface area contributed by atoms with Gasteiger partial charge in [-0.2, -0.15) is 0 Å². The maximum atomic E-state index is 8.71. The molecule has 19 heteroatoms. The molecule has 12 nitrogen and oxygen atoms in total. The van der Waals surface area contributed by atoms with Gasteiger partial charge in [-0.1, -0.05) is 0 Å². The van der Waals surface area contributed by atoms with Gasteiger partial charge in [-0.05, 0) is 0 Å². The molecule has 109 valence electrons. The molecule has 0 aliphatic carbocycles. The van der Waals surface area contributed by atoms with E-state index in [-0.39, 0.29) is 86.0 Å². The van der Waals surface area contributed by atoms with E-state index in [1.54, 1.807) is 0 Å². The van der Waals surface area contributed by atoms with Crippen molar-refractivity contribution in [2.45, 2.75) is 0 Å². The van der Waals surface area contributed by atoms with Crippen LogP contribution in [0.3, 0.4) is 0 Å². The van der Waals surface area contributed by atoms with Crippen LogP contribution < -0.4 is 0 Å². The summed E-state index contributed by atoms with van der Waals surface area (Å²) < 4.78 is 98.2. The Bertz CT molecular complexity index is 303. The van der Waals surface area contributed by atoms with Crippen LogP contribution in [0.5, 0.6) is 0 Å². The molecule has 0 rings (SSSR count). The minimum atomic E-state index is -3.95. The van der Waals surface area contributed by atoms with Gasteiger partial charge in [-0.15, -0.1) is 0 Å². The predicted molar refractivity (Wildman–Crippen MR) is 31.5 cm³/mol. The quantitative estimate of drug-likeness (QED) is 0.168. The van der Waals surface area contributed by atoms with Crippen molar-refractivity contribution >= 4 is 50.4 Å².